The molecule has 1 amide bonds. The minimum Gasteiger partial charge on any atom is -0.322 e. The first-order valence-electron chi connectivity index (χ1n) is 6.06. The van der Waals surface area contributed by atoms with E-state index in [1.165, 1.54) is 5.01 Å². The number of imidazole rings is 1. The van der Waals surface area contributed by atoms with E-state index in [1.807, 2.05) is 38.1 Å². The highest BCUT2D eigenvalue weighted by Crippen LogP contribution is 2.24. The van der Waals surface area contributed by atoms with Gasteiger partial charge in [-0.25, -0.2) is 4.98 Å². The molecule has 5 heteroatoms. The van der Waals surface area contributed by atoms with Gasteiger partial charge in [-0.1, -0.05) is 19.1 Å². The number of aromatic nitrogens is 2. The van der Waals surface area contributed by atoms with Gasteiger partial charge in [0.25, 0.3) is 5.91 Å². The maximum atomic E-state index is 12.1. The average molecular weight is 242 g/mol. The van der Waals surface area contributed by atoms with Crippen molar-refractivity contribution < 1.29 is 4.79 Å². The third-order valence-corrected chi connectivity index (χ3v) is 3.25. The Morgan fingerprint density at radius 1 is 1.39 bits per heavy atom. The van der Waals surface area contributed by atoms with E-state index in [0.29, 0.717) is 5.95 Å². The van der Waals surface area contributed by atoms with Crippen molar-refractivity contribution in [1.82, 2.24) is 9.97 Å². The molecule has 1 N–H and O–H groups in total. The van der Waals surface area contributed by atoms with Crippen LogP contribution in [0.25, 0.3) is 11.0 Å². The van der Waals surface area contributed by atoms with Crippen LogP contribution >= 0.6 is 0 Å². The molecular weight excluding hydrogens is 228 g/mol. The van der Waals surface area contributed by atoms with Crippen molar-refractivity contribution in [2.45, 2.75) is 20.3 Å². The van der Waals surface area contributed by atoms with Gasteiger partial charge in [0.2, 0.25) is 5.95 Å². The number of benzene rings is 1. The lowest BCUT2D eigenvalue weighted by Gasteiger charge is -2.07. The summed E-state index contributed by atoms with van der Waals surface area (Å²) in [5.74, 6) is 0.325. The van der Waals surface area contributed by atoms with E-state index in [4.69, 9.17) is 0 Å². The highest BCUT2D eigenvalue weighted by molar-refractivity contribution is 6.14. The summed E-state index contributed by atoms with van der Waals surface area (Å²) in [6.45, 7) is 3.89. The second kappa shape index (κ2) is 3.94. The van der Waals surface area contributed by atoms with E-state index < -0.39 is 0 Å². The second-order valence-electron chi connectivity index (χ2n) is 4.39. The van der Waals surface area contributed by atoms with Crippen molar-refractivity contribution in [2.24, 2.45) is 11.0 Å². The van der Waals surface area contributed by atoms with Gasteiger partial charge in [0.05, 0.1) is 22.7 Å². The summed E-state index contributed by atoms with van der Waals surface area (Å²) >= 11 is 0. The van der Waals surface area contributed by atoms with Gasteiger partial charge in [-0.3, -0.25) is 4.79 Å². The molecular formula is C13H14N4O. The van der Waals surface area contributed by atoms with Crippen LogP contribution in [0.2, 0.25) is 0 Å². The molecule has 0 bridgehead atoms. The van der Waals surface area contributed by atoms with E-state index in [1.54, 1.807) is 0 Å². The molecule has 1 aliphatic heterocycles. The Balaban J connectivity index is 2.05. The Hall–Kier alpha value is -2.17. The monoisotopic (exact) mass is 242 g/mol. The number of amides is 1. The molecule has 18 heavy (non-hydrogen) atoms. The molecule has 1 aliphatic rings. The number of rotatable bonds is 2. The van der Waals surface area contributed by atoms with Crippen LogP contribution < -0.4 is 5.01 Å². The molecule has 5 nitrogen and oxygen atoms in total. The number of aromatic amines is 1. The molecule has 0 spiro atoms. The summed E-state index contributed by atoms with van der Waals surface area (Å²) in [4.78, 5) is 19.6. The molecule has 0 saturated heterocycles. The number of hydrogen-bond acceptors (Lipinski definition) is 3. The summed E-state index contributed by atoms with van der Waals surface area (Å²) in [7, 11) is 0. The van der Waals surface area contributed by atoms with Crippen LogP contribution in [0.15, 0.2) is 29.4 Å². The van der Waals surface area contributed by atoms with Crippen molar-refractivity contribution in [3.63, 3.8) is 0 Å². The van der Waals surface area contributed by atoms with Crippen LogP contribution in [0.3, 0.4) is 0 Å². The number of nitrogens with one attached hydrogen (secondary N) is 1. The largest absolute Gasteiger partial charge is 0.322 e. The highest BCUT2D eigenvalue weighted by atomic mass is 16.2. The molecule has 1 aromatic heterocycles. The van der Waals surface area contributed by atoms with Crippen LogP contribution in [0.5, 0.6) is 0 Å². The zero-order chi connectivity index (χ0) is 12.7. The van der Waals surface area contributed by atoms with Crippen LogP contribution in [0.4, 0.5) is 5.95 Å². The van der Waals surface area contributed by atoms with Crippen molar-refractivity contribution in [3.8, 4) is 0 Å². The number of carbonyl (C=O) groups is 1. The molecule has 92 valence electrons. The van der Waals surface area contributed by atoms with Gasteiger partial charge in [0.1, 0.15) is 0 Å². The van der Waals surface area contributed by atoms with Crippen molar-refractivity contribution in [1.29, 1.82) is 0 Å². The first-order chi connectivity index (χ1) is 8.70. The molecule has 0 saturated carbocycles. The number of carbonyl (C=O) groups excluding carboxylic acids is 1. The molecule has 2 aromatic rings. The van der Waals surface area contributed by atoms with E-state index >= 15 is 0 Å². The molecule has 0 fully saturated rings. The lowest BCUT2D eigenvalue weighted by Crippen LogP contribution is -2.26. The summed E-state index contributed by atoms with van der Waals surface area (Å²) in [6, 6.07) is 7.69. The van der Waals surface area contributed by atoms with Crippen LogP contribution in [0, 0.1) is 5.92 Å². The zero-order valence-corrected chi connectivity index (χ0v) is 10.3. The molecule has 0 radical (unpaired) electrons. The van der Waals surface area contributed by atoms with E-state index in [0.717, 1.165) is 23.2 Å². The van der Waals surface area contributed by atoms with Gasteiger partial charge in [-0.2, -0.15) is 10.1 Å². The van der Waals surface area contributed by atoms with Gasteiger partial charge in [-0.05, 0) is 25.5 Å². The van der Waals surface area contributed by atoms with E-state index in [9.17, 15) is 4.79 Å². The van der Waals surface area contributed by atoms with Gasteiger partial charge in [0.15, 0.2) is 0 Å². The fraction of sp³-hybridized carbons (Fsp3) is 0.308. The minimum absolute atomic E-state index is 0.0223. The molecule has 2 heterocycles. The van der Waals surface area contributed by atoms with Crippen LogP contribution in [0.1, 0.15) is 20.3 Å². The van der Waals surface area contributed by atoms with Crippen LogP contribution in [-0.4, -0.2) is 21.6 Å². The average Bonchev–Trinajstić information content (AvgIpc) is 2.92. The predicted molar refractivity (Wildman–Crippen MR) is 70.5 cm³/mol. The lowest BCUT2D eigenvalue weighted by atomic mass is 10.0. The molecule has 3 rings (SSSR count). The molecule has 1 atom stereocenters. The van der Waals surface area contributed by atoms with E-state index in [-0.39, 0.29) is 11.8 Å². The van der Waals surface area contributed by atoms with Crippen molar-refractivity contribution in [3.05, 3.63) is 24.3 Å². The maximum absolute atomic E-state index is 12.1. The predicted octanol–water partition coefficient (Wildman–Crippen LogP) is 2.31. The minimum atomic E-state index is -0.150. The maximum Gasteiger partial charge on any atom is 0.258 e. The fourth-order valence-corrected chi connectivity index (χ4v) is 2.16. The quantitative estimate of drug-likeness (QED) is 0.878. The first kappa shape index (κ1) is 11.0. The summed E-state index contributed by atoms with van der Waals surface area (Å²) in [5, 5.41) is 5.72. The topological polar surface area (TPSA) is 61.4 Å². The van der Waals surface area contributed by atoms with E-state index in [2.05, 4.69) is 15.1 Å². The Kier molecular flexibility index (Phi) is 2.40. The Bertz CT molecular complexity index is 610. The van der Waals surface area contributed by atoms with Gasteiger partial charge in [-0.15, -0.1) is 0 Å². The smallest absolute Gasteiger partial charge is 0.258 e. The number of hydrazone groups is 1. The number of H-pyrrole nitrogens is 1. The number of nitrogens with zero attached hydrogens (tertiary/aromatic N) is 3. The van der Waals surface area contributed by atoms with Crippen molar-refractivity contribution in [2.75, 3.05) is 5.01 Å². The Morgan fingerprint density at radius 3 is 2.83 bits per heavy atom. The third kappa shape index (κ3) is 1.51. The normalized spacial score (nSPS) is 19.7. The summed E-state index contributed by atoms with van der Waals surface area (Å²) in [6.07, 6.45) is 0.781. The van der Waals surface area contributed by atoms with Gasteiger partial charge in [0, 0.05) is 0 Å². The number of anilines is 1. The van der Waals surface area contributed by atoms with Crippen LogP contribution in [-0.2, 0) is 4.79 Å². The highest BCUT2D eigenvalue weighted by Gasteiger charge is 2.33. The fourth-order valence-electron chi connectivity index (χ4n) is 2.16. The number of hydrogen-bond donors (Lipinski definition) is 1. The SMILES string of the molecule is CCC1=NN(c2nc3ccccc3[nH]2)C(=O)C1C. The van der Waals surface area contributed by atoms with Crippen molar-refractivity contribution >= 4 is 28.6 Å². The zero-order valence-electron chi connectivity index (χ0n) is 10.3. The Labute approximate surface area is 105 Å². The molecule has 1 unspecified atom stereocenters. The second-order valence-corrected chi connectivity index (χ2v) is 4.39. The Morgan fingerprint density at radius 2 is 2.17 bits per heavy atom. The first-order valence-corrected chi connectivity index (χ1v) is 6.06. The molecule has 1 aromatic carbocycles. The van der Waals surface area contributed by atoms with Gasteiger partial charge < -0.3 is 4.98 Å². The summed E-state index contributed by atoms with van der Waals surface area (Å²) in [5.41, 5.74) is 2.65. The van der Waals surface area contributed by atoms with Gasteiger partial charge >= 0.3 is 0 Å². The molecule has 0 aliphatic carbocycles. The third-order valence-electron chi connectivity index (χ3n) is 3.25. The standard InChI is InChI=1S/C13H14N4O/c1-3-9-8(2)12(18)17(16-9)13-14-10-6-4-5-7-11(10)15-13/h4-8H,3H2,1-2H3,(H,14,15). The number of fused-ring (bicyclic) bond motifs is 1. The lowest BCUT2D eigenvalue weighted by molar-refractivity contribution is -0.119. The number of para-hydroxylation sites is 2. The summed E-state index contributed by atoms with van der Waals surface area (Å²) < 4.78 is 0.